The number of aromatic hydroxyl groups is 1. The van der Waals surface area contributed by atoms with Crippen LogP contribution in [0.5, 0.6) is 5.75 Å². The Morgan fingerprint density at radius 3 is 2.50 bits per heavy atom. The maximum Gasteiger partial charge on any atom is 0.307 e. The molecule has 1 saturated carbocycles. The lowest BCUT2D eigenvalue weighted by molar-refractivity contribution is -0.140. The van der Waals surface area contributed by atoms with Crippen molar-refractivity contribution in [3.8, 4) is 17.2 Å². The highest BCUT2D eigenvalue weighted by atomic mass is 16.4. The van der Waals surface area contributed by atoms with Gasteiger partial charge in [-0.15, -0.1) is 10.2 Å². The van der Waals surface area contributed by atoms with E-state index in [0.717, 1.165) is 0 Å². The summed E-state index contributed by atoms with van der Waals surface area (Å²) < 4.78 is 5.28. The van der Waals surface area contributed by atoms with E-state index in [1.54, 1.807) is 20.8 Å². The lowest BCUT2D eigenvalue weighted by atomic mass is 10.1. The molecule has 2 atom stereocenters. The number of anilines is 1. The quantitative estimate of drug-likeness (QED) is 0.732. The zero-order valence-electron chi connectivity index (χ0n) is 13.4. The maximum absolute atomic E-state index is 12.4. The summed E-state index contributed by atoms with van der Waals surface area (Å²) in [5, 5.41) is 29.3. The Hall–Kier alpha value is -2.90. The number of hydrogen-bond acceptors (Lipinski definition) is 6. The summed E-state index contributed by atoms with van der Waals surface area (Å²) in [7, 11) is 0. The molecule has 1 heterocycles. The van der Waals surface area contributed by atoms with Gasteiger partial charge in [0, 0.05) is 12.6 Å². The van der Waals surface area contributed by atoms with Crippen molar-refractivity contribution in [2.75, 3.05) is 5.32 Å². The molecule has 3 N–H and O–H groups in total. The molecule has 1 fully saturated rings. The van der Waals surface area contributed by atoms with Crippen molar-refractivity contribution in [3.63, 3.8) is 0 Å². The van der Waals surface area contributed by atoms with E-state index in [9.17, 15) is 14.7 Å². The second kappa shape index (κ2) is 5.33. The number of benzene rings is 1. The van der Waals surface area contributed by atoms with Crippen LogP contribution in [0, 0.1) is 24.2 Å². The molecule has 0 spiro atoms. The fourth-order valence-electron chi connectivity index (χ4n) is 3.00. The molecule has 8 heteroatoms. The molecule has 3 rings (SSSR count). The normalized spacial score (nSPS) is 21.3. The van der Waals surface area contributed by atoms with Crippen LogP contribution in [0.15, 0.2) is 22.6 Å². The van der Waals surface area contributed by atoms with Crippen molar-refractivity contribution in [1.82, 2.24) is 10.2 Å². The second-order valence-electron chi connectivity index (χ2n) is 6.46. The van der Waals surface area contributed by atoms with Gasteiger partial charge in [0.2, 0.25) is 11.8 Å². The van der Waals surface area contributed by atoms with Crippen LogP contribution >= 0.6 is 0 Å². The van der Waals surface area contributed by atoms with Gasteiger partial charge >= 0.3 is 5.97 Å². The first-order valence-electron chi connectivity index (χ1n) is 7.39. The molecule has 1 aliphatic carbocycles. The molecule has 0 radical (unpaired) electrons. The fraction of sp³-hybridized carbons (Fsp3) is 0.375. The Morgan fingerprint density at radius 2 is 1.96 bits per heavy atom. The van der Waals surface area contributed by atoms with Crippen LogP contribution in [0.25, 0.3) is 11.5 Å². The molecule has 0 saturated heterocycles. The number of aliphatic carboxylic acids is 1. The summed E-state index contributed by atoms with van der Waals surface area (Å²) in [4.78, 5) is 23.5. The van der Waals surface area contributed by atoms with Gasteiger partial charge in [-0.25, -0.2) is 0 Å². The zero-order chi connectivity index (χ0) is 17.6. The Labute approximate surface area is 137 Å². The molecule has 1 amide bonds. The predicted molar refractivity (Wildman–Crippen MR) is 83.2 cm³/mol. The number of phenolic OH excluding ortho intramolecular Hbond substituents is 1. The van der Waals surface area contributed by atoms with Crippen molar-refractivity contribution < 1.29 is 24.2 Å². The molecule has 1 aliphatic rings. The van der Waals surface area contributed by atoms with Crippen molar-refractivity contribution in [2.24, 2.45) is 17.3 Å². The van der Waals surface area contributed by atoms with E-state index < -0.39 is 23.2 Å². The fourth-order valence-corrected chi connectivity index (χ4v) is 3.00. The highest BCUT2D eigenvalue weighted by molar-refractivity contribution is 6.00. The number of hydrogen-bond donors (Lipinski definition) is 3. The first kappa shape index (κ1) is 16.0. The zero-order valence-corrected chi connectivity index (χ0v) is 13.4. The summed E-state index contributed by atoms with van der Waals surface area (Å²) in [6.45, 7) is 5.12. The average molecular weight is 331 g/mol. The number of aryl methyl sites for hydroxylation is 1. The van der Waals surface area contributed by atoms with Gasteiger partial charge in [0.15, 0.2) is 0 Å². The number of aromatic nitrogens is 2. The third kappa shape index (κ3) is 2.60. The van der Waals surface area contributed by atoms with Gasteiger partial charge < -0.3 is 19.9 Å². The second-order valence-corrected chi connectivity index (χ2v) is 6.46. The van der Waals surface area contributed by atoms with Crippen LogP contribution in [0.1, 0.15) is 19.7 Å². The number of rotatable bonds is 4. The SMILES string of the molecule is Cc1nnc(-c2cc(NC(=O)[C@@H]3[C@H](C(=O)O)C3(C)C)ccc2O)o1. The molecular formula is C16H17N3O5. The molecule has 1 aromatic heterocycles. The van der Waals surface area contributed by atoms with Crippen LogP contribution in [0.4, 0.5) is 5.69 Å². The monoisotopic (exact) mass is 331 g/mol. The summed E-state index contributed by atoms with van der Waals surface area (Å²) >= 11 is 0. The van der Waals surface area contributed by atoms with E-state index in [4.69, 9.17) is 9.52 Å². The van der Waals surface area contributed by atoms with Crippen LogP contribution in [-0.2, 0) is 9.59 Å². The molecular weight excluding hydrogens is 314 g/mol. The Bertz CT molecular complexity index is 827. The molecule has 1 aromatic carbocycles. The molecule has 8 nitrogen and oxygen atoms in total. The summed E-state index contributed by atoms with van der Waals surface area (Å²) in [5.74, 6) is -2.23. The summed E-state index contributed by atoms with van der Waals surface area (Å²) in [6, 6.07) is 4.42. The van der Waals surface area contributed by atoms with Crippen LogP contribution in [0.3, 0.4) is 0 Å². The van der Waals surface area contributed by atoms with E-state index in [0.29, 0.717) is 17.1 Å². The van der Waals surface area contributed by atoms with Gasteiger partial charge in [0.05, 0.1) is 17.4 Å². The number of carboxylic acids is 1. The number of carbonyl (C=O) groups is 2. The van der Waals surface area contributed by atoms with Crippen molar-refractivity contribution in [1.29, 1.82) is 0 Å². The Balaban J connectivity index is 1.82. The Morgan fingerprint density at radius 1 is 1.25 bits per heavy atom. The molecule has 24 heavy (non-hydrogen) atoms. The van der Waals surface area contributed by atoms with E-state index >= 15 is 0 Å². The smallest absolute Gasteiger partial charge is 0.307 e. The lowest BCUT2D eigenvalue weighted by Crippen LogP contribution is -2.17. The van der Waals surface area contributed by atoms with Gasteiger partial charge in [-0.05, 0) is 23.6 Å². The molecule has 0 aliphatic heterocycles. The number of carbonyl (C=O) groups excluding carboxylic acids is 1. The van der Waals surface area contributed by atoms with E-state index in [1.165, 1.54) is 18.2 Å². The van der Waals surface area contributed by atoms with Gasteiger partial charge in [-0.3, -0.25) is 9.59 Å². The largest absolute Gasteiger partial charge is 0.507 e. The highest BCUT2D eigenvalue weighted by Crippen LogP contribution is 2.58. The lowest BCUT2D eigenvalue weighted by Gasteiger charge is -2.08. The minimum Gasteiger partial charge on any atom is -0.507 e. The predicted octanol–water partition coefficient (Wildman–Crippen LogP) is 2.05. The van der Waals surface area contributed by atoms with E-state index in [2.05, 4.69) is 15.5 Å². The molecule has 2 aromatic rings. The molecule has 0 unspecified atom stereocenters. The minimum atomic E-state index is -0.979. The highest BCUT2D eigenvalue weighted by Gasteiger charge is 2.65. The molecule has 126 valence electrons. The first-order valence-corrected chi connectivity index (χ1v) is 7.39. The third-order valence-corrected chi connectivity index (χ3v) is 4.40. The van der Waals surface area contributed by atoms with Gasteiger partial charge in [-0.1, -0.05) is 13.8 Å². The Kier molecular flexibility index (Phi) is 3.55. The minimum absolute atomic E-state index is 0.0631. The van der Waals surface area contributed by atoms with Gasteiger partial charge in [0.25, 0.3) is 5.89 Å². The van der Waals surface area contributed by atoms with Crippen LogP contribution in [-0.4, -0.2) is 32.3 Å². The standard InChI is InChI=1S/C16H17N3O5/c1-7-18-19-14(24-7)9-6-8(4-5-10(9)20)17-13(21)11-12(15(22)23)16(11,2)3/h4-6,11-12,20H,1-3H3,(H,17,21)(H,22,23)/t11-,12+/m0/s1. The van der Waals surface area contributed by atoms with Crippen LogP contribution < -0.4 is 5.32 Å². The van der Waals surface area contributed by atoms with E-state index in [1.807, 2.05) is 0 Å². The number of carboxylic acid groups (broad SMARTS) is 1. The van der Waals surface area contributed by atoms with Crippen molar-refractivity contribution >= 4 is 17.6 Å². The van der Waals surface area contributed by atoms with Gasteiger partial charge in [0.1, 0.15) is 5.75 Å². The van der Waals surface area contributed by atoms with E-state index in [-0.39, 0.29) is 17.5 Å². The number of nitrogens with zero attached hydrogens (tertiary/aromatic N) is 2. The average Bonchev–Trinajstić information content (AvgIpc) is 2.84. The number of phenols is 1. The summed E-state index contributed by atoms with van der Waals surface area (Å²) in [6.07, 6.45) is 0. The summed E-state index contributed by atoms with van der Waals surface area (Å²) in [5.41, 5.74) is 0.118. The number of amides is 1. The van der Waals surface area contributed by atoms with Crippen LogP contribution in [0.2, 0.25) is 0 Å². The number of nitrogens with one attached hydrogen (secondary N) is 1. The van der Waals surface area contributed by atoms with Gasteiger partial charge in [-0.2, -0.15) is 0 Å². The van der Waals surface area contributed by atoms with Crippen molar-refractivity contribution in [2.45, 2.75) is 20.8 Å². The van der Waals surface area contributed by atoms with Crippen molar-refractivity contribution in [3.05, 3.63) is 24.1 Å². The molecule has 0 bridgehead atoms. The topological polar surface area (TPSA) is 126 Å². The third-order valence-electron chi connectivity index (χ3n) is 4.40. The maximum atomic E-state index is 12.4. The first-order chi connectivity index (χ1) is 11.2.